The first kappa shape index (κ1) is 9.57. The van der Waals surface area contributed by atoms with Crippen LogP contribution in [-0.2, 0) is 11.8 Å². The largest absolute Gasteiger partial charge is 0.460 e. The Morgan fingerprint density at radius 2 is 2.46 bits per heavy atom. The number of hydrogen-bond acceptors (Lipinski definition) is 4. The van der Waals surface area contributed by atoms with Crippen LogP contribution in [0.4, 0.5) is 5.82 Å². The summed E-state index contributed by atoms with van der Waals surface area (Å²) in [6.07, 6.45) is 1.73. The van der Waals surface area contributed by atoms with E-state index in [1.807, 2.05) is 0 Å². The summed E-state index contributed by atoms with van der Waals surface area (Å²) in [6, 6.07) is 0. The minimum Gasteiger partial charge on any atom is -0.460 e. The molecule has 5 heteroatoms. The molecule has 1 N–H and O–H groups in total. The maximum absolute atomic E-state index is 11.3. The van der Waals surface area contributed by atoms with Gasteiger partial charge in [0.1, 0.15) is 5.82 Å². The number of rotatable bonds is 3. The third-order valence-electron chi connectivity index (χ3n) is 1.59. The summed E-state index contributed by atoms with van der Waals surface area (Å²) in [5.74, 6) is 0.572. The van der Waals surface area contributed by atoms with Crippen LogP contribution in [0.1, 0.15) is 17.5 Å². The Balaban J connectivity index is 2.87. The predicted octanol–water partition coefficient (Wildman–Crippen LogP) is 0.638. The third-order valence-corrected chi connectivity index (χ3v) is 1.59. The number of esters is 1. The van der Waals surface area contributed by atoms with Crippen molar-refractivity contribution < 1.29 is 9.53 Å². The van der Waals surface area contributed by atoms with Gasteiger partial charge in [-0.25, -0.2) is 9.78 Å². The Morgan fingerprint density at radius 1 is 1.77 bits per heavy atom. The van der Waals surface area contributed by atoms with Gasteiger partial charge < -0.3 is 14.6 Å². The van der Waals surface area contributed by atoms with E-state index in [-0.39, 0.29) is 0 Å². The molecule has 5 nitrogen and oxygen atoms in total. The fraction of sp³-hybridized carbons (Fsp3) is 0.500. The zero-order chi connectivity index (χ0) is 9.84. The second-order valence-electron chi connectivity index (χ2n) is 2.53. The van der Waals surface area contributed by atoms with Crippen molar-refractivity contribution in [3.63, 3.8) is 0 Å². The first-order valence-corrected chi connectivity index (χ1v) is 4.07. The van der Waals surface area contributed by atoms with Crippen molar-refractivity contribution in [1.82, 2.24) is 9.55 Å². The zero-order valence-electron chi connectivity index (χ0n) is 8.00. The Kier molecular flexibility index (Phi) is 2.89. The van der Waals surface area contributed by atoms with Gasteiger partial charge in [0.15, 0.2) is 0 Å². The molecular formula is C8H13N3O2. The lowest BCUT2D eigenvalue weighted by Gasteiger charge is -1.99. The molecule has 1 rings (SSSR count). The van der Waals surface area contributed by atoms with E-state index in [1.165, 1.54) is 0 Å². The number of imidazole rings is 1. The molecule has 0 spiro atoms. The normalized spacial score (nSPS) is 9.77. The first-order valence-electron chi connectivity index (χ1n) is 4.07. The van der Waals surface area contributed by atoms with E-state index >= 15 is 0 Å². The molecule has 0 fully saturated rings. The number of aryl methyl sites for hydroxylation is 1. The van der Waals surface area contributed by atoms with Gasteiger partial charge in [-0.3, -0.25) is 0 Å². The molecule has 1 heterocycles. The van der Waals surface area contributed by atoms with Crippen LogP contribution in [0.2, 0.25) is 0 Å². The average molecular weight is 183 g/mol. The van der Waals surface area contributed by atoms with Crippen molar-refractivity contribution in [2.45, 2.75) is 6.92 Å². The number of aromatic nitrogens is 2. The topological polar surface area (TPSA) is 56.1 Å². The Morgan fingerprint density at radius 3 is 2.92 bits per heavy atom. The summed E-state index contributed by atoms with van der Waals surface area (Å²) in [6.45, 7) is 2.13. The molecule has 72 valence electrons. The summed E-state index contributed by atoms with van der Waals surface area (Å²) >= 11 is 0. The molecule has 0 aliphatic carbocycles. The Labute approximate surface area is 76.7 Å². The quantitative estimate of drug-likeness (QED) is 0.698. The highest BCUT2D eigenvalue weighted by molar-refractivity contribution is 5.86. The van der Waals surface area contributed by atoms with Crippen LogP contribution in [0.5, 0.6) is 0 Å². The van der Waals surface area contributed by atoms with Gasteiger partial charge in [0, 0.05) is 20.3 Å². The van der Waals surface area contributed by atoms with Crippen LogP contribution >= 0.6 is 0 Å². The fourth-order valence-electron chi connectivity index (χ4n) is 0.972. The van der Waals surface area contributed by atoms with Crippen LogP contribution in [-0.4, -0.2) is 29.2 Å². The van der Waals surface area contributed by atoms with Gasteiger partial charge in [0.05, 0.1) is 6.61 Å². The summed E-state index contributed by atoms with van der Waals surface area (Å²) in [5.41, 5.74) is 0. The van der Waals surface area contributed by atoms with E-state index in [2.05, 4.69) is 10.3 Å². The minimum absolute atomic E-state index is 0.311. The molecule has 0 aromatic carbocycles. The Bertz CT molecular complexity index is 306. The van der Waals surface area contributed by atoms with Crippen LogP contribution in [0.15, 0.2) is 6.20 Å². The molecule has 0 unspecified atom stereocenters. The molecule has 1 aromatic heterocycles. The highest BCUT2D eigenvalue weighted by atomic mass is 16.5. The second-order valence-corrected chi connectivity index (χ2v) is 2.53. The molecular weight excluding hydrogens is 170 g/mol. The molecule has 0 bridgehead atoms. The number of ether oxygens (including phenoxy) is 1. The van der Waals surface area contributed by atoms with Gasteiger partial charge in [-0.2, -0.15) is 0 Å². The summed E-state index contributed by atoms with van der Waals surface area (Å²) in [4.78, 5) is 15.3. The van der Waals surface area contributed by atoms with Crippen LogP contribution in [0.3, 0.4) is 0 Å². The zero-order valence-corrected chi connectivity index (χ0v) is 8.00. The molecule has 0 aliphatic rings. The first-order chi connectivity index (χ1) is 6.19. The number of nitrogens with zero attached hydrogens (tertiary/aromatic N) is 2. The predicted molar refractivity (Wildman–Crippen MR) is 48.7 cm³/mol. The number of anilines is 1. The average Bonchev–Trinajstić information content (AvgIpc) is 2.47. The Hall–Kier alpha value is -1.52. The van der Waals surface area contributed by atoms with Crippen molar-refractivity contribution >= 4 is 11.8 Å². The number of carbonyl (C=O) groups excluding carboxylic acids is 1. The summed E-state index contributed by atoms with van der Waals surface area (Å²) in [7, 11) is 3.50. The molecule has 0 amide bonds. The van der Waals surface area contributed by atoms with E-state index in [0.717, 1.165) is 0 Å². The smallest absolute Gasteiger partial charge is 0.374 e. The van der Waals surface area contributed by atoms with Gasteiger partial charge in [-0.15, -0.1) is 0 Å². The van der Waals surface area contributed by atoms with Crippen molar-refractivity contribution in [1.29, 1.82) is 0 Å². The van der Waals surface area contributed by atoms with E-state index in [1.54, 1.807) is 31.8 Å². The van der Waals surface area contributed by atoms with Crippen LogP contribution in [0.25, 0.3) is 0 Å². The molecule has 1 aromatic rings. The van der Waals surface area contributed by atoms with Gasteiger partial charge in [-0.1, -0.05) is 0 Å². The van der Waals surface area contributed by atoms with E-state index in [4.69, 9.17) is 4.74 Å². The number of hydrogen-bond donors (Lipinski definition) is 1. The summed E-state index contributed by atoms with van der Waals surface area (Å²) in [5, 5.41) is 2.85. The summed E-state index contributed by atoms with van der Waals surface area (Å²) < 4.78 is 6.45. The van der Waals surface area contributed by atoms with Crippen molar-refractivity contribution in [2.24, 2.45) is 7.05 Å². The fourth-order valence-corrected chi connectivity index (χ4v) is 0.972. The van der Waals surface area contributed by atoms with E-state index in [9.17, 15) is 4.79 Å². The maximum Gasteiger partial charge on any atom is 0.374 e. The van der Waals surface area contributed by atoms with Crippen molar-refractivity contribution in [3.8, 4) is 0 Å². The van der Waals surface area contributed by atoms with Crippen LogP contribution < -0.4 is 5.32 Å². The lowest BCUT2D eigenvalue weighted by atomic mass is 10.6. The van der Waals surface area contributed by atoms with Gasteiger partial charge in [0.25, 0.3) is 0 Å². The SMILES string of the molecule is CCOC(=O)c1nc(NC)cn1C. The van der Waals surface area contributed by atoms with Gasteiger partial charge in [0.2, 0.25) is 5.82 Å². The molecule has 13 heavy (non-hydrogen) atoms. The lowest BCUT2D eigenvalue weighted by Crippen LogP contribution is -2.10. The monoisotopic (exact) mass is 183 g/mol. The van der Waals surface area contributed by atoms with Gasteiger partial charge in [-0.05, 0) is 6.92 Å². The molecule has 0 saturated heterocycles. The highest BCUT2D eigenvalue weighted by Crippen LogP contribution is 2.06. The molecule has 0 radical (unpaired) electrons. The van der Waals surface area contributed by atoms with E-state index < -0.39 is 5.97 Å². The van der Waals surface area contributed by atoms with Crippen molar-refractivity contribution in [3.05, 3.63) is 12.0 Å². The maximum atomic E-state index is 11.3. The second kappa shape index (κ2) is 3.93. The lowest BCUT2D eigenvalue weighted by molar-refractivity contribution is 0.0508. The van der Waals surface area contributed by atoms with E-state index in [0.29, 0.717) is 18.2 Å². The number of carbonyl (C=O) groups is 1. The number of nitrogens with one attached hydrogen (secondary N) is 1. The van der Waals surface area contributed by atoms with Gasteiger partial charge >= 0.3 is 5.97 Å². The standard InChI is InChI=1S/C8H13N3O2/c1-4-13-8(12)7-10-6(9-2)5-11(7)3/h5,9H,4H2,1-3H3. The third kappa shape index (κ3) is 1.99. The van der Waals surface area contributed by atoms with Crippen LogP contribution in [0, 0.1) is 0 Å². The highest BCUT2D eigenvalue weighted by Gasteiger charge is 2.13. The minimum atomic E-state index is -0.397. The molecule has 0 saturated carbocycles. The molecule has 0 aliphatic heterocycles. The van der Waals surface area contributed by atoms with Crippen molar-refractivity contribution in [2.75, 3.05) is 19.0 Å². The molecule has 0 atom stereocenters.